The Morgan fingerprint density at radius 2 is 1.94 bits per heavy atom. The van der Waals surface area contributed by atoms with Crippen molar-refractivity contribution >= 4 is 28.6 Å². The molecule has 3 aliphatic rings. The van der Waals surface area contributed by atoms with Crippen molar-refractivity contribution in [3.8, 4) is 0 Å². The molecule has 0 bridgehead atoms. The van der Waals surface area contributed by atoms with Crippen molar-refractivity contribution < 1.29 is 14.4 Å². The zero-order chi connectivity index (χ0) is 25.4. The van der Waals surface area contributed by atoms with Crippen LogP contribution in [0.1, 0.15) is 95.4 Å². The molecule has 5 rings (SSSR count). The largest absolute Gasteiger partial charge is 0.346 e. The van der Waals surface area contributed by atoms with Gasteiger partial charge in [0.2, 0.25) is 11.8 Å². The molecule has 7 nitrogen and oxygen atoms in total. The van der Waals surface area contributed by atoms with E-state index in [0.717, 1.165) is 61.1 Å². The number of carbonyl (C=O) groups excluding carboxylic acids is 3. The van der Waals surface area contributed by atoms with Gasteiger partial charge in [-0.2, -0.15) is 0 Å². The highest BCUT2D eigenvalue weighted by Gasteiger charge is 2.51. The van der Waals surface area contributed by atoms with E-state index in [4.69, 9.17) is 4.98 Å². The van der Waals surface area contributed by atoms with E-state index in [9.17, 15) is 14.4 Å². The van der Waals surface area contributed by atoms with Gasteiger partial charge >= 0.3 is 0 Å². The number of ketones is 1. The van der Waals surface area contributed by atoms with Crippen LogP contribution >= 0.6 is 0 Å². The minimum Gasteiger partial charge on any atom is -0.346 e. The number of aromatic amines is 1. The fourth-order valence-corrected chi connectivity index (χ4v) is 6.52. The number of carbonyl (C=O) groups is 3. The number of likely N-dealkylation sites (tertiary alicyclic amines) is 1. The number of para-hydroxylation sites is 1. The molecular weight excluding hydrogens is 452 g/mol. The number of aromatic nitrogens is 2. The van der Waals surface area contributed by atoms with Crippen LogP contribution in [0.25, 0.3) is 11.0 Å². The molecular formula is C29H40N4O3. The smallest absolute Gasteiger partial charge is 0.225 e. The summed E-state index contributed by atoms with van der Waals surface area (Å²) in [7, 11) is 0. The third-order valence-corrected chi connectivity index (χ3v) is 9.06. The average Bonchev–Trinajstić information content (AvgIpc) is 3.23. The van der Waals surface area contributed by atoms with Gasteiger partial charge in [-0.1, -0.05) is 25.5 Å². The number of rotatable bonds is 8. The van der Waals surface area contributed by atoms with Crippen LogP contribution in [0.4, 0.5) is 0 Å². The number of fused-ring (bicyclic) bond motifs is 1. The lowest BCUT2D eigenvalue weighted by Gasteiger charge is -2.53. The van der Waals surface area contributed by atoms with E-state index in [-0.39, 0.29) is 48.3 Å². The van der Waals surface area contributed by atoms with Gasteiger partial charge in [0.25, 0.3) is 0 Å². The molecule has 1 aliphatic heterocycles. The molecule has 3 atom stereocenters. The van der Waals surface area contributed by atoms with Gasteiger partial charge in [0.05, 0.1) is 23.5 Å². The maximum atomic E-state index is 13.5. The number of hydrogen-bond donors (Lipinski definition) is 2. The first-order chi connectivity index (χ1) is 17.2. The second kappa shape index (κ2) is 9.98. The summed E-state index contributed by atoms with van der Waals surface area (Å²) in [5.41, 5.74) is 3.35. The highest BCUT2D eigenvalue weighted by Crippen LogP contribution is 2.58. The summed E-state index contributed by atoms with van der Waals surface area (Å²) >= 11 is 0. The van der Waals surface area contributed by atoms with E-state index in [1.165, 1.54) is 19.3 Å². The number of H-pyrrole nitrogens is 1. The molecule has 2 amide bonds. The summed E-state index contributed by atoms with van der Waals surface area (Å²) in [4.78, 5) is 49.9. The third-order valence-electron chi connectivity index (χ3n) is 9.06. The summed E-state index contributed by atoms with van der Waals surface area (Å²) in [6.45, 7) is 6.81. The van der Waals surface area contributed by atoms with E-state index in [1.54, 1.807) is 0 Å². The highest BCUT2D eigenvalue weighted by atomic mass is 16.2. The lowest BCUT2D eigenvalue weighted by Crippen LogP contribution is -2.53. The second-order valence-corrected chi connectivity index (χ2v) is 11.8. The van der Waals surface area contributed by atoms with Gasteiger partial charge in [0.1, 0.15) is 5.82 Å². The number of imidazole rings is 1. The fraction of sp³-hybridized carbons (Fsp3) is 0.655. The van der Waals surface area contributed by atoms with Gasteiger partial charge in [-0.05, 0) is 75.8 Å². The molecule has 2 heterocycles. The summed E-state index contributed by atoms with van der Waals surface area (Å²) in [6.07, 6.45) is 8.92. The Balaban J connectivity index is 1.27. The quantitative estimate of drug-likeness (QED) is 0.554. The molecule has 2 aliphatic carbocycles. The monoisotopic (exact) mass is 492 g/mol. The Bertz CT molecular complexity index is 1140. The van der Waals surface area contributed by atoms with Gasteiger partial charge in [0, 0.05) is 30.8 Å². The molecule has 1 aromatic heterocycles. The first kappa shape index (κ1) is 25.0. The van der Waals surface area contributed by atoms with Crippen molar-refractivity contribution in [1.29, 1.82) is 0 Å². The molecule has 36 heavy (non-hydrogen) atoms. The summed E-state index contributed by atoms with van der Waals surface area (Å²) in [6, 6.07) is 5.40. The van der Waals surface area contributed by atoms with Gasteiger partial charge in [-0.15, -0.1) is 0 Å². The van der Waals surface area contributed by atoms with Crippen molar-refractivity contribution in [2.24, 2.45) is 11.3 Å². The number of amides is 2. The molecule has 1 saturated heterocycles. The maximum absolute atomic E-state index is 13.5. The SMILES string of the molecule is Cc1cccc2[nH]c([C@H](C)CC(=O)[C@H](CC(=O)N3CCCC[C@@H]3C)NC(=O)C3CC4(CCC4)C3)nc12. The van der Waals surface area contributed by atoms with Crippen molar-refractivity contribution in [3.63, 3.8) is 0 Å². The van der Waals surface area contributed by atoms with Gasteiger partial charge < -0.3 is 15.2 Å². The molecule has 194 valence electrons. The van der Waals surface area contributed by atoms with Crippen LogP contribution in [0, 0.1) is 18.3 Å². The molecule has 7 heteroatoms. The van der Waals surface area contributed by atoms with Crippen LogP contribution in [0.2, 0.25) is 0 Å². The van der Waals surface area contributed by atoms with Crippen LogP contribution in [-0.2, 0) is 14.4 Å². The van der Waals surface area contributed by atoms with Crippen LogP contribution < -0.4 is 5.32 Å². The fourth-order valence-electron chi connectivity index (χ4n) is 6.52. The van der Waals surface area contributed by atoms with Gasteiger partial charge in [-0.3, -0.25) is 14.4 Å². The van der Waals surface area contributed by atoms with Gasteiger partial charge in [-0.25, -0.2) is 4.98 Å². The topological polar surface area (TPSA) is 95.2 Å². The average molecular weight is 493 g/mol. The van der Waals surface area contributed by atoms with Crippen molar-refractivity contribution in [1.82, 2.24) is 20.2 Å². The lowest BCUT2D eigenvalue weighted by molar-refractivity contribution is -0.142. The predicted molar refractivity (Wildman–Crippen MR) is 139 cm³/mol. The van der Waals surface area contributed by atoms with E-state index in [0.29, 0.717) is 5.41 Å². The van der Waals surface area contributed by atoms with Crippen LogP contribution in [-0.4, -0.2) is 51.1 Å². The summed E-state index contributed by atoms with van der Waals surface area (Å²) in [5.74, 6) is 0.410. The molecule has 2 aromatic rings. The number of Topliss-reactive ketones (excluding diaryl/α,β-unsaturated/α-hetero) is 1. The Morgan fingerprint density at radius 3 is 2.61 bits per heavy atom. The lowest BCUT2D eigenvalue weighted by atomic mass is 9.51. The number of piperidine rings is 1. The number of aryl methyl sites for hydroxylation is 1. The number of nitrogens with one attached hydrogen (secondary N) is 2. The Hall–Kier alpha value is -2.70. The van der Waals surface area contributed by atoms with Crippen molar-refractivity contribution in [3.05, 3.63) is 29.6 Å². The van der Waals surface area contributed by atoms with Crippen LogP contribution in [0.3, 0.4) is 0 Å². The molecule has 0 radical (unpaired) electrons. The molecule has 2 N–H and O–H groups in total. The molecule has 1 aromatic carbocycles. The van der Waals surface area contributed by atoms with Crippen molar-refractivity contribution in [2.75, 3.05) is 6.54 Å². The Labute approximate surface area is 213 Å². The third kappa shape index (κ3) is 4.94. The van der Waals surface area contributed by atoms with Crippen LogP contribution in [0.15, 0.2) is 18.2 Å². The Morgan fingerprint density at radius 1 is 1.17 bits per heavy atom. The first-order valence-corrected chi connectivity index (χ1v) is 13.8. The minimum absolute atomic E-state index is 0.0274. The number of nitrogens with zero attached hydrogens (tertiary/aromatic N) is 2. The molecule has 3 fully saturated rings. The molecule has 2 saturated carbocycles. The molecule has 0 unspecified atom stereocenters. The van der Waals surface area contributed by atoms with Crippen LogP contribution in [0.5, 0.6) is 0 Å². The standard InChI is InChI=1S/C29H40N4O3/c1-18-8-6-10-22-26(18)32-27(30-22)19(2)14-24(34)23(15-25(35)33-13-5-4-9-20(33)3)31-28(36)21-16-29(17-21)11-7-12-29/h6,8,10,19-21,23H,4-5,7,9,11-17H2,1-3H3,(H,30,32)(H,31,36)/t19-,20+,23+/m1/s1. The van der Waals surface area contributed by atoms with E-state index in [1.807, 2.05) is 36.9 Å². The predicted octanol–water partition coefficient (Wildman–Crippen LogP) is 4.79. The van der Waals surface area contributed by atoms with Gasteiger partial charge in [0.15, 0.2) is 5.78 Å². The number of hydrogen-bond acceptors (Lipinski definition) is 4. The summed E-state index contributed by atoms with van der Waals surface area (Å²) < 4.78 is 0. The molecule has 1 spiro atoms. The second-order valence-electron chi connectivity index (χ2n) is 11.8. The van der Waals surface area contributed by atoms with E-state index < -0.39 is 6.04 Å². The highest BCUT2D eigenvalue weighted by molar-refractivity contribution is 5.94. The first-order valence-electron chi connectivity index (χ1n) is 13.8. The zero-order valence-corrected chi connectivity index (χ0v) is 21.9. The Kier molecular flexibility index (Phi) is 6.92. The normalized spacial score (nSPS) is 23.1. The zero-order valence-electron chi connectivity index (χ0n) is 21.9. The number of benzene rings is 1. The maximum Gasteiger partial charge on any atom is 0.225 e. The minimum atomic E-state index is -0.786. The summed E-state index contributed by atoms with van der Waals surface area (Å²) in [5, 5.41) is 3.02. The van der Waals surface area contributed by atoms with E-state index >= 15 is 0 Å². The van der Waals surface area contributed by atoms with E-state index in [2.05, 4.69) is 17.2 Å². The van der Waals surface area contributed by atoms with Crippen molar-refractivity contribution in [2.45, 2.75) is 103 Å².